The van der Waals surface area contributed by atoms with E-state index in [0.29, 0.717) is 11.8 Å². The van der Waals surface area contributed by atoms with Crippen molar-refractivity contribution in [1.82, 2.24) is 15.1 Å². The van der Waals surface area contributed by atoms with Crippen LogP contribution in [0.15, 0.2) is 12.4 Å². The van der Waals surface area contributed by atoms with Crippen molar-refractivity contribution in [3.05, 3.63) is 18.0 Å². The standard InChI is InChI=1S/C14H25N3O/c1-4-17-10-13(9-16-17)14-12(5-6-18-14)8-15-7-11(2)3/h9-12,14-15H,4-8H2,1-3H3. The van der Waals surface area contributed by atoms with Gasteiger partial charge in [0.2, 0.25) is 0 Å². The van der Waals surface area contributed by atoms with Crippen LogP contribution in [0, 0.1) is 11.8 Å². The van der Waals surface area contributed by atoms with Crippen LogP contribution in [0.3, 0.4) is 0 Å². The third-order valence-electron chi connectivity index (χ3n) is 3.48. The van der Waals surface area contributed by atoms with Gasteiger partial charge in [-0.15, -0.1) is 0 Å². The Kier molecular flexibility index (Phi) is 4.78. The molecule has 1 N–H and O–H groups in total. The molecule has 1 aliphatic heterocycles. The molecule has 1 aliphatic rings. The largest absolute Gasteiger partial charge is 0.373 e. The molecular weight excluding hydrogens is 226 g/mol. The first-order valence-electron chi connectivity index (χ1n) is 7.05. The number of hydrogen-bond acceptors (Lipinski definition) is 3. The zero-order valence-corrected chi connectivity index (χ0v) is 11.7. The molecule has 0 aromatic carbocycles. The van der Waals surface area contributed by atoms with Gasteiger partial charge >= 0.3 is 0 Å². The van der Waals surface area contributed by atoms with Crippen molar-refractivity contribution in [2.45, 2.75) is 39.8 Å². The molecule has 0 aliphatic carbocycles. The summed E-state index contributed by atoms with van der Waals surface area (Å²) in [5.74, 6) is 1.28. The van der Waals surface area contributed by atoms with Gasteiger partial charge in [-0.25, -0.2) is 0 Å². The minimum Gasteiger partial charge on any atom is -0.373 e. The summed E-state index contributed by atoms with van der Waals surface area (Å²) in [6, 6.07) is 0. The fraction of sp³-hybridized carbons (Fsp3) is 0.786. The topological polar surface area (TPSA) is 39.1 Å². The first kappa shape index (κ1) is 13.6. The summed E-state index contributed by atoms with van der Waals surface area (Å²) in [4.78, 5) is 0. The maximum atomic E-state index is 5.87. The molecule has 0 spiro atoms. The molecule has 2 unspecified atom stereocenters. The Bertz CT molecular complexity index is 362. The van der Waals surface area contributed by atoms with Crippen LogP contribution in [-0.2, 0) is 11.3 Å². The lowest BCUT2D eigenvalue weighted by atomic mass is 9.97. The minimum absolute atomic E-state index is 0.227. The van der Waals surface area contributed by atoms with Gasteiger partial charge in [0.1, 0.15) is 0 Å². The van der Waals surface area contributed by atoms with Crippen molar-refractivity contribution in [1.29, 1.82) is 0 Å². The summed E-state index contributed by atoms with van der Waals surface area (Å²) >= 11 is 0. The molecular formula is C14H25N3O. The third kappa shape index (κ3) is 3.33. The SMILES string of the molecule is CCn1cc(C2OCCC2CNCC(C)C)cn1. The molecule has 0 radical (unpaired) electrons. The molecule has 2 atom stereocenters. The number of hydrogen-bond donors (Lipinski definition) is 1. The van der Waals surface area contributed by atoms with E-state index in [1.165, 1.54) is 5.56 Å². The van der Waals surface area contributed by atoms with Crippen LogP contribution in [0.2, 0.25) is 0 Å². The van der Waals surface area contributed by atoms with E-state index in [-0.39, 0.29) is 6.10 Å². The zero-order chi connectivity index (χ0) is 13.0. The Morgan fingerprint density at radius 3 is 3.06 bits per heavy atom. The van der Waals surface area contributed by atoms with Gasteiger partial charge in [-0.05, 0) is 25.8 Å². The highest BCUT2D eigenvalue weighted by atomic mass is 16.5. The van der Waals surface area contributed by atoms with Gasteiger partial charge in [0.05, 0.1) is 12.3 Å². The van der Waals surface area contributed by atoms with Gasteiger partial charge in [0, 0.05) is 37.4 Å². The van der Waals surface area contributed by atoms with Crippen LogP contribution >= 0.6 is 0 Å². The molecule has 102 valence electrons. The van der Waals surface area contributed by atoms with Crippen molar-refractivity contribution in [2.24, 2.45) is 11.8 Å². The van der Waals surface area contributed by atoms with E-state index in [9.17, 15) is 0 Å². The van der Waals surface area contributed by atoms with Gasteiger partial charge in [-0.2, -0.15) is 5.10 Å². The second-order valence-electron chi connectivity index (χ2n) is 5.52. The lowest BCUT2D eigenvalue weighted by molar-refractivity contribution is 0.0903. The molecule has 4 heteroatoms. The van der Waals surface area contributed by atoms with E-state index in [4.69, 9.17) is 4.74 Å². The van der Waals surface area contributed by atoms with Crippen LogP contribution in [0.1, 0.15) is 38.9 Å². The maximum Gasteiger partial charge on any atom is 0.0896 e. The van der Waals surface area contributed by atoms with E-state index < -0.39 is 0 Å². The Morgan fingerprint density at radius 1 is 1.56 bits per heavy atom. The quantitative estimate of drug-likeness (QED) is 0.842. The smallest absolute Gasteiger partial charge is 0.0896 e. The van der Waals surface area contributed by atoms with Gasteiger partial charge < -0.3 is 10.1 Å². The molecule has 4 nitrogen and oxygen atoms in total. The highest BCUT2D eigenvalue weighted by Gasteiger charge is 2.30. The summed E-state index contributed by atoms with van der Waals surface area (Å²) in [7, 11) is 0. The molecule has 18 heavy (non-hydrogen) atoms. The number of rotatable bonds is 6. The fourth-order valence-electron chi connectivity index (χ4n) is 2.47. The summed E-state index contributed by atoms with van der Waals surface area (Å²) in [6.07, 6.45) is 5.44. The highest BCUT2D eigenvalue weighted by molar-refractivity contribution is 5.11. The van der Waals surface area contributed by atoms with Crippen LogP contribution in [0.4, 0.5) is 0 Å². The van der Waals surface area contributed by atoms with Crippen molar-refractivity contribution in [3.8, 4) is 0 Å². The number of nitrogens with zero attached hydrogens (tertiary/aromatic N) is 2. The summed E-state index contributed by atoms with van der Waals surface area (Å²) < 4.78 is 7.84. The van der Waals surface area contributed by atoms with Crippen LogP contribution < -0.4 is 5.32 Å². The first-order valence-corrected chi connectivity index (χ1v) is 7.05. The molecule has 0 saturated carbocycles. The Morgan fingerprint density at radius 2 is 2.39 bits per heavy atom. The molecule has 1 saturated heterocycles. The highest BCUT2D eigenvalue weighted by Crippen LogP contribution is 2.33. The minimum atomic E-state index is 0.227. The van der Waals surface area contributed by atoms with E-state index in [2.05, 4.69) is 37.4 Å². The van der Waals surface area contributed by atoms with Crippen LogP contribution in [0.25, 0.3) is 0 Å². The average Bonchev–Trinajstić information content (AvgIpc) is 2.95. The van der Waals surface area contributed by atoms with Gasteiger partial charge in [-0.1, -0.05) is 13.8 Å². The summed E-state index contributed by atoms with van der Waals surface area (Å²) in [5.41, 5.74) is 1.23. The number of nitrogens with one attached hydrogen (secondary N) is 1. The lowest BCUT2D eigenvalue weighted by Gasteiger charge is -2.18. The average molecular weight is 251 g/mol. The van der Waals surface area contributed by atoms with E-state index in [1.54, 1.807) is 0 Å². The molecule has 1 aromatic rings. The second-order valence-corrected chi connectivity index (χ2v) is 5.52. The normalized spacial score (nSPS) is 24.0. The van der Waals surface area contributed by atoms with E-state index in [1.807, 2.05) is 10.9 Å². The summed E-state index contributed by atoms with van der Waals surface area (Å²) in [6.45, 7) is 10.5. The predicted molar refractivity (Wildman–Crippen MR) is 72.4 cm³/mol. The van der Waals surface area contributed by atoms with E-state index >= 15 is 0 Å². The van der Waals surface area contributed by atoms with Crippen LogP contribution in [-0.4, -0.2) is 29.5 Å². The monoisotopic (exact) mass is 251 g/mol. The van der Waals surface area contributed by atoms with Gasteiger partial charge in [0.15, 0.2) is 0 Å². The lowest BCUT2D eigenvalue weighted by Crippen LogP contribution is -2.27. The number of aryl methyl sites for hydroxylation is 1. The van der Waals surface area contributed by atoms with Gasteiger partial charge in [-0.3, -0.25) is 4.68 Å². The predicted octanol–water partition coefficient (Wildman–Crippen LogP) is 2.23. The molecule has 2 rings (SSSR count). The van der Waals surface area contributed by atoms with Crippen molar-refractivity contribution in [3.63, 3.8) is 0 Å². The van der Waals surface area contributed by atoms with Crippen LogP contribution in [0.5, 0.6) is 0 Å². The van der Waals surface area contributed by atoms with Crippen molar-refractivity contribution in [2.75, 3.05) is 19.7 Å². The third-order valence-corrected chi connectivity index (χ3v) is 3.48. The molecule has 1 fully saturated rings. The Balaban J connectivity index is 1.90. The molecule has 1 aromatic heterocycles. The molecule has 0 amide bonds. The Labute approximate surface area is 110 Å². The van der Waals surface area contributed by atoms with Crippen molar-refractivity contribution < 1.29 is 4.74 Å². The fourth-order valence-corrected chi connectivity index (χ4v) is 2.47. The van der Waals surface area contributed by atoms with E-state index in [0.717, 1.165) is 32.7 Å². The second kappa shape index (κ2) is 6.34. The molecule has 0 bridgehead atoms. The first-order chi connectivity index (χ1) is 8.70. The molecule has 2 heterocycles. The Hall–Kier alpha value is -0.870. The van der Waals surface area contributed by atoms with Crippen molar-refractivity contribution >= 4 is 0 Å². The maximum absolute atomic E-state index is 5.87. The number of aromatic nitrogens is 2. The summed E-state index contributed by atoms with van der Waals surface area (Å²) in [5, 5.41) is 7.88. The number of ether oxygens (including phenoxy) is 1. The van der Waals surface area contributed by atoms with Gasteiger partial charge in [0.25, 0.3) is 0 Å². The zero-order valence-electron chi connectivity index (χ0n) is 11.7.